The number of anilines is 1. The van der Waals surface area contributed by atoms with E-state index in [9.17, 15) is 9.59 Å². The van der Waals surface area contributed by atoms with Gasteiger partial charge in [-0.2, -0.15) is 0 Å². The Kier molecular flexibility index (Phi) is 4.11. The van der Waals surface area contributed by atoms with Crippen LogP contribution in [0.3, 0.4) is 0 Å². The Hall–Kier alpha value is -1.95. The number of para-hydroxylation sites is 1. The van der Waals surface area contributed by atoms with Crippen LogP contribution in [0.15, 0.2) is 40.9 Å². The van der Waals surface area contributed by atoms with Crippen LogP contribution in [0.2, 0.25) is 0 Å². The Balaban J connectivity index is 2.37. The number of esters is 2. The van der Waals surface area contributed by atoms with Gasteiger partial charge in [-0.15, -0.1) is 11.8 Å². The van der Waals surface area contributed by atoms with Crippen LogP contribution in [0.5, 0.6) is 0 Å². The van der Waals surface area contributed by atoms with Crippen LogP contribution >= 0.6 is 11.8 Å². The van der Waals surface area contributed by atoms with Gasteiger partial charge in [0.2, 0.25) is 0 Å². The normalized spacial score (nSPS) is 19.3. The predicted molar refractivity (Wildman–Crippen MR) is 71.8 cm³/mol. The Morgan fingerprint density at radius 2 is 2.00 bits per heavy atom. The highest BCUT2D eigenvalue weighted by Gasteiger charge is 2.31. The molecule has 0 amide bonds. The molecule has 0 fully saturated rings. The zero-order valence-corrected chi connectivity index (χ0v) is 11.3. The number of thioether (sulfide) groups is 1. The van der Waals surface area contributed by atoms with Crippen molar-refractivity contribution in [3.05, 3.63) is 36.0 Å². The number of fused-ring (bicyclic) bond motifs is 1. The van der Waals surface area contributed by atoms with Gasteiger partial charge in [0.05, 0.1) is 19.9 Å². The summed E-state index contributed by atoms with van der Waals surface area (Å²) in [5.41, 5.74) is 1.31. The first kappa shape index (κ1) is 13.5. The highest BCUT2D eigenvalue weighted by Crippen LogP contribution is 2.39. The van der Waals surface area contributed by atoms with Crippen molar-refractivity contribution in [2.75, 3.05) is 19.5 Å². The van der Waals surface area contributed by atoms with E-state index < -0.39 is 17.2 Å². The molecule has 1 aliphatic rings. The molecular formula is C13H13NO4S. The van der Waals surface area contributed by atoms with Crippen LogP contribution in [0.25, 0.3) is 0 Å². The second-order valence-corrected chi connectivity index (χ2v) is 4.91. The van der Waals surface area contributed by atoms with Crippen molar-refractivity contribution in [2.45, 2.75) is 10.1 Å². The zero-order chi connectivity index (χ0) is 13.8. The van der Waals surface area contributed by atoms with Gasteiger partial charge in [0.1, 0.15) is 5.25 Å². The molecule has 0 saturated heterocycles. The average Bonchev–Trinajstić information content (AvgIpc) is 2.45. The molecule has 0 unspecified atom stereocenters. The molecule has 1 N–H and O–H groups in total. The number of hydrogen-bond donors (Lipinski definition) is 1. The minimum Gasteiger partial charge on any atom is -0.468 e. The van der Waals surface area contributed by atoms with Crippen molar-refractivity contribution in [3.8, 4) is 0 Å². The number of carbonyl (C=O) groups is 2. The van der Waals surface area contributed by atoms with E-state index in [1.165, 1.54) is 32.1 Å². The van der Waals surface area contributed by atoms with E-state index in [1.807, 2.05) is 24.3 Å². The van der Waals surface area contributed by atoms with E-state index in [0.29, 0.717) is 5.70 Å². The molecular weight excluding hydrogens is 266 g/mol. The molecule has 6 heteroatoms. The lowest BCUT2D eigenvalue weighted by molar-refractivity contribution is -0.139. The van der Waals surface area contributed by atoms with Crippen LogP contribution in [0.1, 0.15) is 0 Å². The third-order valence-electron chi connectivity index (χ3n) is 2.58. The molecule has 0 spiro atoms. The fraction of sp³-hybridized carbons (Fsp3) is 0.231. The van der Waals surface area contributed by atoms with E-state index >= 15 is 0 Å². The van der Waals surface area contributed by atoms with Crippen LogP contribution < -0.4 is 5.32 Å². The molecule has 1 heterocycles. The van der Waals surface area contributed by atoms with Gasteiger partial charge in [0, 0.05) is 16.7 Å². The third kappa shape index (κ3) is 2.90. The quantitative estimate of drug-likeness (QED) is 0.658. The van der Waals surface area contributed by atoms with Crippen LogP contribution in [0.4, 0.5) is 5.69 Å². The number of ether oxygens (including phenoxy) is 2. The molecule has 100 valence electrons. The maximum Gasteiger partial charge on any atom is 0.332 e. The Morgan fingerprint density at radius 1 is 1.26 bits per heavy atom. The summed E-state index contributed by atoms with van der Waals surface area (Å²) in [4.78, 5) is 24.1. The van der Waals surface area contributed by atoms with Crippen molar-refractivity contribution in [2.24, 2.45) is 0 Å². The number of carbonyl (C=O) groups excluding carboxylic acids is 2. The summed E-state index contributed by atoms with van der Waals surface area (Å²) in [6.07, 6.45) is 1.27. The van der Waals surface area contributed by atoms with Crippen LogP contribution in [0, 0.1) is 0 Å². The lowest BCUT2D eigenvalue weighted by Crippen LogP contribution is -2.29. The van der Waals surface area contributed by atoms with Crippen molar-refractivity contribution >= 4 is 29.4 Å². The van der Waals surface area contributed by atoms with E-state index in [2.05, 4.69) is 10.1 Å². The summed E-state index contributed by atoms with van der Waals surface area (Å²) >= 11 is 1.34. The van der Waals surface area contributed by atoms with E-state index in [1.54, 1.807) is 0 Å². The zero-order valence-electron chi connectivity index (χ0n) is 10.5. The average molecular weight is 279 g/mol. The molecule has 0 aromatic heterocycles. The van der Waals surface area contributed by atoms with Gasteiger partial charge in [-0.05, 0) is 12.1 Å². The van der Waals surface area contributed by atoms with Gasteiger partial charge in [-0.25, -0.2) is 4.79 Å². The monoisotopic (exact) mass is 279 g/mol. The maximum absolute atomic E-state index is 11.8. The first-order chi connectivity index (χ1) is 9.15. The first-order valence-electron chi connectivity index (χ1n) is 5.55. The topological polar surface area (TPSA) is 64.6 Å². The Morgan fingerprint density at radius 3 is 2.68 bits per heavy atom. The van der Waals surface area contributed by atoms with Gasteiger partial charge in [0.15, 0.2) is 0 Å². The van der Waals surface area contributed by atoms with Crippen molar-refractivity contribution in [1.29, 1.82) is 0 Å². The van der Waals surface area contributed by atoms with Gasteiger partial charge < -0.3 is 14.8 Å². The lowest BCUT2D eigenvalue weighted by Gasteiger charge is -2.26. The molecule has 2 rings (SSSR count). The molecule has 0 saturated carbocycles. The van der Waals surface area contributed by atoms with E-state index in [0.717, 1.165) is 10.6 Å². The van der Waals surface area contributed by atoms with Crippen molar-refractivity contribution < 1.29 is 19.1 Å². The molecule has 1 atom stereocenters. The standard InChI is InChI=1S/C13H13NO4S/c1-17-11(15)7-9-12(13(16)18-2)19-10-6-4-3-5-8(10)14-9/h3-7,12,14H,1-2H3/b9-7-/t12-/m0/s1. The second kappa shape index (κ2) is 5.79. The SMILES string of the molecule is COC(=O)/C=C1\Nc2ccccc2S[C@@H]1C(=O)OC. The minimum atomic E-state index is -0.598. The molecule has 19 heavy (non-hydrogen) atoms. The third-order valence-corrected chi connectivity index (χ3v) is 3.88. The molecule has 0 aliphatic carbocycles. The van der Waals surface area contributed by atoms with Gasteiger partial charge in [-0.1, -0.05) is 12.1 Å². The molecule has 5 nitrogen and oxygen atoms in total. The van der Waals surface area contributed by atoms with Crippen LogP contribution in [-0.4, -0.2) is 31.4 Å². The van der Waals surface area contributed by atoms with E-state index in [4.69, 9.17) is 4.74 Å². The van der Waals surface area contributed by atoms with Crippen molar-refractivity contribution in [3.63, 3.8) is 0 Å². The number of hydrogen-bond acceptors (Lipinski definition) is 6. The van der Waals surface area contributed by atoms with Crippen LogP contribution in [-0.2, 0) is 19.1 Å². The number of methoxy groups -OCH3 is 2. The molecule has 1 aromatic carbocycles. The van der Waals surface area contributed by atoms with Gasteiger partial charge >= 0.3 is 11.9 Å². The molecule has 1 aliphatic heterocycles. The summed E-state index contributed by atoms with van der Waals surface area (Å²) in [5.74, 6) is -0.932. The second-order valence-electron chi connectivity index (χ2n) is 3.77. The summed E-state index contributed by atoms with van der Waals surface area (Å²) in [5, 5.41) is 2.47. The fourth-order valence-corrected chi connectivity index (χ4v) is 2.77. The summed E-state index contributed by atoms with van der Waals surface area (Å²) in [7, 11) is 2.61. The van der Waals surface area contributed by atoms with E-state index in [-0.39, 0.29) is 0 Å². The summed E-state index contributed by atoms with van der Waals surface area (Å²) < 4.78 is 9.34. The fourth-order valence-electron chi connectivity index (χ4n) is 1.66. The summed E-state index contributed by atoms with van der Waals surface area (Å²) in [6, 6.07) is 7.54. The maximum atomic E-state index is 11.8. The lowest BCUT2D eigenvalue weighted by atomic mass is 10.2. The number of benzene rings is 1. The molecule has 0 bridgehead atoms. The minimum absolute atomic E-state index is 0.415. The first-order valence-corrected chi connectivity index (χ1v) is 6.43. The largest absolute Gasteiger partial charge is 0.468 e. The molecule has 1 aromatic rings. The van der Waals surface area contributed by atoms with Gasteiger partial charge in [-0.3, -0.25) is 4.79 Å². The van der Waals surface area contributed by atoms with Gasteiger partial charge in [0.25, 0.3) is 0 Å². The Labute approximate surface area is 115 Å². The number of rotatable bonds is 2. The smallest absolute Gasteiger partial charge is 0.332 e. The Bertz CT molecular complexity index is 541. The highest BCUT2D eigenvalue weighted by molar-refractivity contribution is 8.01. The van der Waals surface area contributed by atoms with Crippen molar-refractivity contribution in [1.82, 2.24) is 0 Å². The molecule has 0 radical (unpaired) electrons. The predicted octanol–water partition coefficient (Wildman–Crippen LogP) is 1.80. The highest BCUT2D eigenvalue weighted by atomic mass is 32.2. The number of nitrogens with one attached hydrogen (secondary N) is 1. The summed E-state index contributed by atoms with van der Waals surface area (Å²) in [6.45, 7) is 0.